The first-order chi connectivity index (χ1) is 8.95. The fourth-order valence-electron chi connectivity index (χ4n) is 2.08. The molecule has 1 aliphatic heterocycles. The molecule has 0 bridgehead atoms. The first-order valence-corrected chi connectivity index (χ1v) is 8.00. The molecule has 2 rings (SSSR count). The van der Waals surface area contributed by atoms with Crippen LogP contribution in [-0.2, 0) is 6.54 Å². The van der Waals surface area contributed by atoms with E-state index in [4.69, 9.17) is 11.6 Å². The van der Waals surface area contributed by atoms with Gasteiger partial charge >= 0.3 is 0 Å². The van der Waals surface area contributed by atoms with Crippen LogP contribution in [0.15, 0.2) is 29.3 Å². The van der Waals surface area contributed by atoms with Crippen LogP contribution in [0.3, 0.4) is 0 Å². The third kappa shape index (κ3) is 4.43. The second-order valence-electron chi connectivity index (χ2n) is 5.95. The van der Waals surface area contributed by atoms with E-state index in [1.807, 2.05) is 30.0 Å². The van der Waals surface area contributed by atoms with Crippen molar-refractivity contribution >= 4 is 28.5 Å². The Balaban J connectivity index is 1.99. The third-order valence-electron chi connectivity index (χ3n) is 3.28. The Labute approximate surface area is 125 Å². The SMILES string of the molecule is CC(C)(C)C1CCSC(=NCc2cccc(Cl)c2)N1. The van der Waals surface area contributed by atoms with E-state index in [-0.39, 0.29) is 5.41 Å². The molecule has 0 aliphatic carbocycles. The molecule has 0 saturated carbocycles. The van der Waals surface area contributed by atoms with Gasteiger partial charge in [-0.3, -0.25) is 4.99 Å². The number of hydrogen-bond donors (Lipinski definition) is 1. The first kappa shape index (κ1) is 14.7. The topological polar surface area (TPSA) is 24.4 Å². The average Bonchev–Trinajstić information content (AvgIpc) is 2.36. The average molecular weight is 297 g/mol. The predicted molar refractivity (Wildman–Crippen MR) is 86.0 cm³/mol. The van der Waals surface area contributed by atoms with Gasteiger partial charge in [0.15, 0.2) is 5.17 Å². The highest BCUT2D eigenvalue weighted by atomic mass is 35.5. The molecule has 1 aromatic carbocycles. The molecule has 1 fully saturated rings. The molecule has 1 aromatic rings. The lowest BCUT2D eigenvalue weighted by molar-refractivity contribution is 0.290. The van der Waals surface area contributed by atoms with Gasteiger partial charge in [0.05, 0.1) is 6.54 Å². The lowest BCUT2D eigenvalue weighted by Crippen LogP contribution is -2.46. The quantitative estimate of drug-likeness (QED) is 0.878. The van der Waals surface area contributed by atoms with Crippen molar-refractivity contribution in [3.63, 3.8) is 0 Å². The van der Waals surface area contributed by atoms with Gasteiger partial charge < -0.3 is 5.32 Å². The molecule has 1 heterocycles. The van der Waals surface area contributed by atoms with Crippen molar-refractivity contribution in [1.82, 2.24) is 5.32 Å². The van der Waals surface area contributed by atoms with Crippen molar-refractivity contribution in [1.29, 1.82) is 0 Å². The molecule has 0 spiro atoms. The maximum atomic E-state index is 5.98. The lowest BCUT2D eigenvalue weighted by Gasteiger charge is -2.35. The van der Waals surface area contributed by atoms with Crippen LogP contribution in [0.1, 0.15) is 32.8 Å². The van der Waals surface area contributed by atoms with Crippen LogP contribution in [0.25, 0.3) is 0 Å². The van der Waals surface area contributed by atoms with Gasteiger partial charge in [0.2, 0.25) is 0 Å². The van der Waals surface area contributed by atoms with Crippen molar-refractivity contribution in [2.24, 2.45) is 10.4 Å². The minimum absolute atomic E-state index is 0.276. The van der Waals surface area contributed by atoms with E-state index in [0.717, 1.165) is 21.5 Å². The second-order valence-corrected chi connectivity index (χ2v) is 7.47. The number of rotatable bonds is 2. The van der Waals surface area contributed by atoms with E-state index in [2.05, 4.69) is 37.1 Å². The smallest absolute Gasteiger partial charge is 0.157 e. The molecule has 0 radical (unpaired) electrons. The Bertz CT molecular complexity index is 465. The van der Waals surface area contributed by atoms with Gasteiger partial charge in [0.1, 0.15) is 0 Å². The number of nitrogens with zero attached hydrogens (tertiary/aromatic N) is 1. The standard InChI is InChI=1S/C15H21ClN2S/c1-15(2,3)13-7-8-19-14(18-13)17-10-11-5-4-6-12(16)9-11/h4-6,9,13H,7-8,10H2,1-3H3,(H,17,18). The molecule has 19 heavy (non-hydrogen) atoms. The van der Waals surface area contributed by atoms with E-state index in [1.54, 1.807) is 0 Å². The maximum Gasteiger partial charge on any atom is 0.157 e. The minimum Gasteiger partial charge on any atom is -0.362 e. The van der Waals surface area contributed by atoms with Crippen LogP contribution < -0.4 is 5.32 Å². The van der Waals surface area contributed by atoms with E-state index in [9.17, 15) is 0 Å². The number of aliphatic imine (C=N–C) groups is 1. The summed E-state index contributed by atoms with van der Waals surface area (Å²) in [7, 11) is 0. The van der Waals surface area contributed by atoms with Gasteiger partial charge in [-0.1, -0.05) is 56.3 Å². The van der Waals surface area contributed by atoms with Gasteiger partial charge in [-0.15, -0.1) is 0 Å². The van der Waals surface area contributed by atoms with Crippen LogP contribution in [0.4, 0.5) is 0 Å². The highest BCUT2D eigenvalue weighted by molar-refractivity contribution is 8.13. The van der Waals surface area contributed by atoms with Crippen molar-refractivity contribution in [2.75, 3.05) is 5.75 Å². The number of benzene rings is 1. The second kappa shape index (κ2) is 6.19. The summed E-state index contributed by atoms with van der Waals surface area (Å²) in [5.41, 5.74) is 1.43. The van der Waals surface area contributed by atoms with Gasteiger partial charge in [0.25, 0.3) is 0 Å². The molecule has 1 saturated heterocycles. The molecule has 0 aromatic heterocycles. The van der Waals surface area contributed by atoms with Crippen molar-refractivity contribution < 1.29 is 0 Å². The molecular weight excluding hydrogens is 276 g/mol. The monoisotopic (exact) mass is 296 g/mol. The molecule has 1 N–H and O–H groups in total. The number of nitrogens with one attached hydrogen (secondary N) is 1. The first-order valence-electron chi connectivity index (χ1n) is 6.63. The predicted octanol–water partition coefficient (Wildman–Crippen LogP) is 4.34. The summed E-state index contributed by atoms with van der Waals surface area (Å²) >= 11 is 7.79. The zero-order valence-electron chi connectivity index (χ0n) is 11.7. The summed E-state index contributed by atoms with van der Waals surface area (Å²) in [4.78, 5) is 4.67. The van der Waals surface area contributed by atoms with E-state index < -0.39 is 0 Å². The summed E-state index contributed by atoms with van der Waals surface area (Å²) in [6.07, 6.45) is 1.20. The molecule has 104 valence electrons. The summed E-state index contributed by atoms with van der Waals surface area (Å²) in [6.45, 7) is 7.51. The fourth-order valence-corrected chi connectivity index (χ4v) is 3.22. The lowest BCUT2D eigenvalue weighted by atomic mass is 9.85. The van der Waals surface area contributed by atoms with Crippen LogP contribution in [0, 0.1) is 5.41 Å². The van der Waals surface area contributed by atoms with Crippen LogP contribution >= 0.6 is 23.4 Å². The molecular formula is C15H21ClN2S. The van der Waals surface area contributed by atoms with E-state index >= 15 is 0 Å². The van der Waals surface area contributed by atoms with E-state index in [1.165, 1.54) is 6.42 Å². The van der Waals surface area contributed by atoms with Crippen LogP contribution in [-0.4, -0.2) is 17.0 Å². The van der Waals surface area contributed by atoms with Crippen LogP contribution in [0.5, 0.6) is 0 Å². The Morgan fingerprint density at radius 2 is 2.21 bits per heavy atom. The summed E-state index contributed by atoms with van der Waals surface area (Å²) < 4.78 is 0. The van der Waals surface area contributed by atoms with Crippen LogP contribution in [0.2, 0.25) is 5.02 Å². The highest BCUT2D eigenvalue weighted by Gasteiger charge is 2.28. The number of halogens is 1. The van der Waals surface area contributed by atoms with Gasteiger partial charge in [0, 0.05) is 16.8 Å². The Morgan fingerprint density at radius 1 is 1.42 bits per heavy atom. The third-order valence-corrected chi connectivity index (χ3v) is 4.48. The number of amidine groups is 1. The zero-order chi connectivity index (χ0) is 13.9. The summed E-state index contributed by atoms with van der Waals surface area (Å²) in [5, 5.41) is 5.39. The molecule has 1 atom stereocenters. The highest BCUT2D eigenvalue weighted by Crippen LogP contribution is 2.27. The zero-order valence-corrected chi connectivity index (χ0v) is 13.3. The Kier molecular flexibility index (Phi) is 4.80. The van der Waals surface area contributed by atoms with Crippen molar-refractivity contribution in [2.45, 2.75) is 39.8 Å². The molecule has 2 nitrogen and oxygen atoms in total. The fraction of sp³-hybridized carbons (Fsp3) is 0.533. The van der Waals surface area contributed by atoms with Crippen molar-refractivity contribution in [3.05, 3.63) is 34.9 Å². The van der Waals surface area contributed by atoms with Gasteiger partial charge in [-0.05, 0) is 29.5 Å². The number of hydrogen-bond acceptors (Lipinski definition) is 2. The maximum absolute atomic E-state index is 5.98. The Morgan fingerprint density at radius 3 is 2.89 bits per heavy atom. The minimum atomic E-state index is 0.276. The van der Waals surface area contributed by atoms with Crippen molar-refractivity contribution in [3.8, 4) is 0 Å². The van der Waals surface area contributed by atoms with Gasteiger partial charge in [-0.2, -0.15) is 0 Å². The summed E-state index contributed by atoms with van der Waals surface area (Å²) in [5.74, 6) is 1.14. The summed E-state index contributed by atoms with van der Waals surface area (Å²) in [6, 6.07) is 8.40. The molecule has 0 amide bonds. The molecule has 1 aliphatic rings. The molecule has 4 heteroatoms. The molecule has 1 unspecified atom stereocenters. The van der Waals surface area contributed by atoms with Gasteiger partial charge in [-0.25, -0.2) is 0 Å². The Hall–Kier alpha value is -0.670. The largest absolute Gasteiger partial charge is 0.362 e. The normalized spacial score (nSPS) is 22.3. The van der Waals surface area contributed by atoms with E-state index in [0.29, 0.717) is 12.6 Å². The number of thioether (sulfide) groups is 1.